The monoisotopic (exact) mass is 209 g/mol. The van der Waals surface area contributed by atoms with Crippen molar-refractivity contribution in [3.63, 3.8) is 0 Å². The summed E-state index contributed by atoms with van der Waals surface area (Å²) < 4.78 is 2.07. The highest BCUT2D eigenvalue weighted by Crippen LogP contribution is 2.08. The number of hydrogen-bond acceptors (Lipinski definition) is 2. The van der Waals surface area contributed by atoms with Gasteiger partial charge in [0.25, 0.3) is 0 Å². The number of unbranched alkanes of at least 4 members (excludes halogenated alkanes) is 1. The lowest BCUT2D eigenvalue weighted by Gasteiger charge is -2.07. The van der Waals surface area contributed by atoms with E-state index in [-0.39, 0.29) is 0 Å². The fraction of sp³-hybridized carbons (Fsp3) is 0.833. The van der Waals surface area contributed by atoms with E-state index in [2.05, 4.69) is 35.8 Å². The molecule has 1 rings (SSSR count). The molecular weight excluding hydrogens is 186 g/mol. The first-order chi connectivity index (χ1) is 7.24. The maximum atomic E-state index is 4.13. The van der Waals surface area contributed by atoms with E-state index in [0.717, 1.165) is 18.9 Å². The smallest absolute Gasteiger partial charge is 0.0725 e. The van der Waals surface area contributed by atoms with Crippen LogP contribution in [0.2, 0.25) is 0 Å². The molecule has 1 aromatic heterocycles. The Balaban J connectivity index is 2.35. The maximum absolute atomic E-state index is 4.13. The molecule has 0 aliphatic heterocycles. The van der Waals surface area contributed by atoms with E-state index in [9.17, 15) is 0 Å². The standard InChI is InChI=1S/C12H23N3/c1-4-5-8-12-10-13-14-15(12)9-6-7-11(2)3/h10-11H,4-9H2,1-3H3. The number of aryl methyl sites for hydroxylation is 2. The summed E-state index contributed by atoms with van der Waals surface area (Å²) in [5, 5.41) is 8.12. The molecule has 0 amide bonds. The third kappa shape index (κ3) is 4.45. The molecule has 1 heterocycles. The first kappa shape index (κ1) is 12.2. The van der Waals surface area contributed by atoms with Crippen molar-refractivity contribution in [1.82, 2.24) is 15.0 Å². The Bertz CT molecular complexity index is 266. The molecule has 3 heteroatoms. The zero-order valence-electron chi connectivity index (χ0n) is 10.2. The Hall–Kier alpha value is -0.860. The molecule has 3 nitrogen and oxygen atoms in total. The van der Waals surface area contributed by atoms with Crippen molar-refractivity contribution in [1.29, 1.82) is 0 Å². The van der Waals surface area contributed by atoms with Crippen molar-refractivity contribution in [3.05, 3.63) is 11.9 Å². The summed E-state index contributed by atoms with van der Waals surface area (Å²) in [4.78, 5) is 0. The zero-order valence-corrected chi connectivity index (χ0v) is 10.2. The molecule has 1 aromatic rings. The summed E-state index contributed by atoms with van der Waals surface area (Å²) in [5.74, 6) is 0.785. The van der Waals surface area contributed by atoms with Crippen LogP contribution < -0.4 is 0 Å². The summed E-state index contributed by atoms with van der Waals surface area (Å²) in [5.41, 5.74) is 1.29. The van der Waals surface area contributed by atoms with E-state index >= 15 is 0 Å². The van der Waals surface area contributed by atoms with Crippen LogP contribution in [0, 0.1) is 5.92 Å². The number of hydrogen-bond donors (Lipinski definition) is 0. The first-order valence-corrected chi connectivity index (χ1v) is 6.11. The van der Waals surface area contributed by atoms with Crippen molar-refractivity contribution in [2.45, 2.75) is 59.4 Å². The minimum Gasteiger partial charge on any atom is -0.249 e. The highest BCUT2D eigenvalue weighted by molar-refractivity contribution is 4.93. The normalized spacial score (nSPS) is 11.2. The van der Waals surface area contributed by atoms with Gasteiger partial charge in [0.15, 0.2) is 0 Å². The van der Waals surface area contributed by atoms with Crippen LogP contribution in [0.15, 0.2) is 6.20 Å². The van der Waals surface area contributed by atoms with Gasteiger partial charge in [-0.1, -0.05) is 32.4 Å². The van der Waals surface area contributed by atoms with Crippen LogP contribution in [0.5, 0.6) is 0 Å². The van der Waals surface area contributed by atoms with Crippen molar-refractivity contribution >= 4 is 0 Å². The molecule has 0 spiro atoms. The van der Waals surface area contributed by atoms with Gasteiger partial charge in [-0.25, -0.2) is 4.68 Å². The zero-order chi connectivity index (χ0) is 11.1. The van der Waals surface area contributed by atoms with E-state index < -0.39 is 0 Å². The lowest BCUT2D eigenvalue weighted by Crippen LogP contribution is -2.06. The molecule has 0 saturated heterocycles. The van der Waals surface area contributed by atoms with Gasteiger partial charge in [0.2, 0.25) is 0 Å². The van der Waals surface area contributed by atoms with E-state index in [1.165, 1.54) is 31.4 Å². The predicted octanol–water partition coefficient (Wildman–Crippen LogP) is 3.06. The SMILES string of the molecule is CCCCc1cnnn1CCCC(C)C. The van der Waals surface area contributed by atoms with Crippen molar-refractivity contribution in [3.8, 4) is 0 Å². The van der Waals surface area contributed by atoms with Gasteiger partial charge in [-0.3, -0.25) is 0 Å². The summed E-state index contributed by atoms with van der Waals surface area (Å²) in [7, 11) is 0. The Labute approximate surface area is 92.9 Å². The van der Waals surface area contributed by atoms with Crippen LogP contribution in [-0.2, 0) is 13.0 Å². The highest BCUT2D eigenvalue weighted by atomic mass is 15.4. The molecule has 0 aliphatic carbocycles. The minimum atomic E-state index is 0.785. The van der Waals surface area contributed by atoms with Crippen LogP contribution in [0.3, 0.4) is 0 Å². The highest BCUT2D eigenvalue weighted by Gasteiger charge is 2.03. The molecule has 0 bridgehead atoms. The van der Waals surface area contributed by atoms with Crippen molar-refractivity contribution in [2.75, 3.05) is 0 Å². The summed E-state index contributed by atoms with van der Waals surface area (Å²) >= 11 is 0. The Morgan fingerprint density at radius 1 is 1.33 bits per heavy atom. The second-order valence-electron chi connectivity index (χ2n) is 4.59. The van der Waals surface area contributed by atoms with Gasteiger partial charge >= 0.3 is 0 Å². The van der Waals surface area contributed by atoms with E-state index in [4.69, 9.17) is 0 Å². The fourth-order valence-electron chi connectivity index (χ4n) is 1.67. The van der Waals surface area contributed by atoms with Gasteiger partial charge in [-0.05, 0) is 31.6 Å². The lowest BCUT2D eigenvalue weighted by atomic mass is 10.1. The third-order valence-electron chi connectivity index (χ3n) is 2.64. The largest absolute Gasteiger partial charge is 0.249 e. The molecule has 0 saturated carbocycles. The fourth-order valence-corrected chi connectivity index (χ4v) is 1.67. The van der Waals surface area contributed by atoms with Crippen molar-refractivity contribution in [2.24, 2.45) is 5.92 Å². The Kier molecular flexibility index (Phi) is 5.37. The Morgan fingerprint density at radius 3 is 2.80 bits per heavy atom. The van der Waals surface area contributed by atoms with E-state index in [0.29, 0.717) is 0 Å². The Morgan fingerprint density at radius 2 is 2.13 bits per heavy atom. The van der Waals surface area contributed by atoms with Crippen LogP contribution in [0.4, 0.5) is 0 Å². The van der Waals surface area contributed by atoms with Crippen LogP contribution in [0.1, 0.15) is 52.1 Å². The predicted molar refractivity (Wildman–Crippen MR) is 62.7 cm³/mol. The maximum Gasteiger partial charge on any atom is 0.0725 e. The number of nitrogens with zero attached hydrogens (tertiary/aromatic N) is 3. The van der Waals surface area contributed by atoms with Gasteiger partial charge < -0.3 is 0 Å². The lowest BCUT2D eigenvalue weighted by molar-refractivity contribution is 0.471. The van der Waals surface area contributed by atoms with Gasteiger partial charge in [0, 0.05) is 6.54 Å². The second-order valence-corrected chi connectivity index (χ2v) is 4.59. The summed E-state index contributed by atoms with van der Waals surface area (Å²) in [6, 6.07) is 0. The van der Waals surface area contributed by atoms with Gasteiger partial charge in [-0.2, -0.15) is 0 Å². The van der Waals surface area contributed by atoms with Crippen LogP contribution >= 0.6 is 0 Å². The second kappa shape index (κ2) is 6.59. The molecule has 86 valence electrons. The van der Waals surface area contributed by atoms with E-state index in [1.807, 2.05) is 6.20 Å². The molecular formula is C12H23N3. The average Bonchev–Trinajstić information content (AvgIpc) is 2.62. The number of rotatable bonds is 7. The quantitative estimate of drug-likeness (QED) is 0.691. The van der Waals surface area contributed by atoms with E-state index in [1.54, 1.807) is 0 Å². The third-order valence-corrected chi connectivity index (χ3v) is 2.64. The summed E-state index contributed by atoms with van der Waals surface area (Å²) in [6.45, 7) is 7.77. The van der Waals surface area contributed by atoms with Gasteiger partial charge in [-0.15, -0.1) is 5.10 Å². The molecule has 15 heavy (non-hydrogen) atoms. The molecule has 0 aliphatic rings. The molecule has 0 radical (unpaired) electrons. The molecule has 0 unspecified atom stereocenters. The molecule has 0 aromatic carbocycles. The van der Waals surface area contributed by atoms with Crippen LogP contribution in [-0.4, -0.2) is 15.0 Å². The van der Waals surface area contributed by atoms with Gasteiger partial charge in [0.05, 0.1) is 11.9 Å². The molecule has 0 fully saturated rings. The minimum absolute atomic E-state index is 0.785. The topological polar surface area (TPSA) is 30.7 Å². The average molecular weight is 209 g/mol. The summed E-state index contributed by atoms with van der Waals surface area (Å²) in [6.07, 6.45) is 7.97. The number of aromatic nitrogens is 3. The van der Waals surface area contributed by atoms with Gasteiger partial charge in [0.1, 0.15) is 0 Å². The first-order valence-electron chi connectivity index (χ1n) is 6.11. The molecule has 0 N–H and O–H groups in total. The van der Waals surface area contributed by atoms with Crippen LogP contribution in [0.25, 0.3) is 0 Å². The van der Waals surface area contributed by atoms with Crippen molar-refractivity contribution < 1.29 is 0 Å². The molecule has 0 atom stereocenters.